The number of primary amides is 1. The molecule has 0 heterocycles. The molecule has 0 spiro atoms. The zero-order valence-electron chi connectivity index (χ0n) is 8.45. The molecule has 0 aliphatic rings. The molecule has 0 saturated heterocycles. The summed E-state index contributed by atoms with van der Waals surface area (Å²) in [6, 6.07) is 0.132. The van der Waals surface area contributed by atoms with E-state index in [4.69, 9.17) is 11.5 Å². The molecule has 3 nitrogen and oxygen atoms in total. The summed E-state index contributed by atoms with van der Waals surface area (Å²) < 4.78 is 0. The predicted molar refractivity (Wildman–Crippen MR) is 57.7 cm³/mol. The molecule has 0 aliphatic heterocycles. The van der Waals surface area contributed by atoms with E-state index in [0.29, 0.717) is 0 Å². The van der Waals surface area contributed by atoms with Crippen LogP contribution in [-0.4, -0.2) is 11.9 Å². The maximum atomic E-state index is 10.7. The Balaban J connectivity index is 0. The Morgan fingerprint density at radius 3 is 2.38 bits per heavy atom. The van der Waals surface area contributed by atoms with Gasteiger partial charge in [0.2, 0.25) is 5.91 Å². The van der Waals surface area contributed by atoms with Gasteiger partial charge in [0, 0.05) is 12.0 Å². The van der Waals surface area contributed by atoms with Gasteiger partial charge in [-0.25, -0.2) is 0 Å². The SMILES string of the molecule is CCCCC(N)CC(C)C(N)=O.Cl. The Morgan fingerprint density at radius 2 is 2.00 bits per heavy atom. The van der Waals surface area contributed by atoms with Crippen molar-refractivity contribution in [2.75, 3.05) is 0 Å². The summed E-state index contributed by atoms with van der Waals surface area (Å²) in [5, 5.41) is 0. The second-order valence-electron chi connectivity index (χ2n) is 3.44. The molecule has 4 N–H and O–H groups in total. The summed E-state index contributed by atoms with van der Waals surface area (Å²) in [6.45, 7) is 3.96. The van der Waals surface area contributed by atoms with Gasteiger partial charge < -0.3 is 11.5 Å². The molecule has 2 atom stereocenters. The van der Waals surface area contributed by atoms with Crippen LogP contribution in [0.3, 0.4) is 0 Å². The molecular weight excluding hydrogens is 188 g/mol. The largest absolute Gasteiger partial charge is 0.369 e. The van der Waals surface area contributed by atoms with Crippen LogP contribution >= 0.6 is 12.4 Å². The lowest BCUT2D eigenvalue weighted by atomic mass is 9.98. The molecule has 1 amide bonds. The summed E-state index contributed by atoms with van der Waals surface area (Å²) in [5.74, 6) is -0.334. The van der Waals surface area contributed by atoms with E-state index in [1.807, 2.05) is 6.92 Å². The van der Waals surface area contributed by atoms with E-state index in [1.54, 1.807) is 0 Å². The first-order valence-electron chi connectivity index (χ1n) is 4.62. The lowest BCUT2D eigenvalue weighted by molar-refractivity contribution is -0.121. The number of carbonyl (C=O) groups is 1. The van der Waals surface area contributed by atoms with Crippen LogP contribution in [0.15, 0.2) is 0 Å². The van der Waals surface area contributed by atoms with Crippen LogP contribution in [-0.2, 0) is 4.79 Å². The van der Waals surface area contributed by atoms with Gasteiger partial charge in [-0.15, -0.1) is 12.4 Å². The highest BCUT2D eigenvalue weighted by atomic mass is 35.5. The summed E-state index contributed by atoms with van der Waals surface area (Å²) in [4.78, 5) is 10.7. The van der Waals surface area contributed by atoms with Crippen LogP contribution in [0.4, 0.5) is 0 Å². The molecule has 13 heavy (non-hydrogen) atoms. The van der Waals surface area contributed by atoms with Crippen molar-refractivity contribution in [2.24, 2.45) is 17.4 Å². The van der Waals surface area contributed by atoms with Crippen LogP contribution in [0, 0.1) is 5.92 Å². The fourth-order valence-corrected chi connectivity index (χ4v) is 1.15. The van der Waals surface area contributed by atoms with Crippen LogP contribution in [0.5, 0.6) is 0 Å². The van der Waals surface area contributed by atoms with Gasteiger partial charge in [0.05, 0.1) is 0 Å². The van der Waals surface area contributed by atoms with Crippen molar-refractivity contribution >= 4 is 18.3 Å². The molecule has 0 bridgehead atoms. The number of hydrogen-bond acceptors (Lipinski definition) is 2. The van der Waals surface area contributed by atoms with Crippen molar-refractivity contribution in [1.82, 2.24) is 0 Å². The standard InChI is InChI=1S/C9H20N2O.ClH/c1-3-4-5-8(10)6-7(2)9(11)12;/h7-8H,3-6,10H2,1-2H3,(H2,11,12);1H. The lowest BCUT2D eigenvalue weighted by Gasteiger charge is -2.13. The average molecular weight is 209 g/mol. The normalized spacial score (nSPS) is 14.4. The predicted octanol–water partition coefficient (Wildman–Crippen LogP) is 1.44. The highest BCUT2D eigenvalue weighted by Gasteiger charge is 2.12. The molecule has 0 fully saturated rings. The van der Waals surface area contributed by atoms with Gasteiger partial charge in [-0.1, -0.05) is 26.7 Å². The van der Waals surface area contributed by atoms with Crippen LogP contribution < -0.4 is 11.5 Å². The topological polar surface area (TPSA) is 69.1 Å². The molecule has 0 radical (unpaired) electrons. The molecule has 0 rings (SSSR count). The Hall–Kier alpha value is -0.280. The molecule has 0 aromatic carbocycles. The van der Waals surface area contributed by atoms with E-state index in [0.717, 1.165) is 25.7 Å². The minimum Gasteiger partial charge on any atom is -0.369 e. The van der Waals surface area contributed by atoms with Crippen molar-refractivity contribution in [2.45, 2.75) is 45.6 Å². The molecule has 0 aromatic rings. The molecule has 0 saturated carbocycles. The van der Waals surface area contributed by atoms with E-state index in [9.17, 15) is 4.79 Å². The summed E-state index contributed by atoms with van der Waals surface area (Å²) in [6.07, 6.45) is 3.99. The van der Waals surface area contributed by atoms with Gasteiger partial charge in [0.1, 0.15) is 0 Å². The molecular formula is C9H21ClN2O. The Kier molecular flexibility index (Phi) is 9.74. The van der Waals surface area contributed by atoms with Crippen LogP contribution in [0.25, 0.3) is 0 Å². The highest BCUT2D eigenvalue weighted by molar-refractivity contribution is 5.85. The Bertz CT molecular complexity index is 142. The zero-order chi connectivity index (χ0) is 9.56. The monoisotopic (exact) mass is 208 g/mol. The minimum atomic E-state index is -0.248. The molecule has 4 heteroatoms. The second-order valence-corrected chi connectivity index (χ2v) is 3.44. The average Bonchev–Trinajstić information content (AvgIpc) is 2.00. The Morgan fingerprint density at radius 1 is 1.46 bits per heavy atom. The van der Waals surface area contributed by atoms with Crippen molar-refractivity contribution in [1.29, 1.82) is 0 Å². The quantitative estimate of drug-likeness (QED) is 0.694. The first-order valence-corrected chi connectivity index (χ1v) is 4.62. The van der Waals surface area contributed by atoms with Crippen molar-refractivity contribution in [3.05, 3.63) is 0 Å². The number of nitrogens with two attached hydrogens (primary N) is 2. The summed E-state index contributed by atoms with van der Waals surface area (Å²) >= 11 is 0. The van der Waals surface area contributed by atoms with Crippen LogP contribution in [0.1, 0.15) is 39.5 Å². The number of rotatable bonds is 6. The van der Waals surface area contributed by atoms with E-state index in [-0.39, 0.29) is 30.3 Å². The van der Waals surface area contributed by atoms with Crippen molar-refractivity contribution < 1.29 is 4.79 Å². The van der Waals surface area contributed by atoms with E-state index in [1.165, 1.54) is 0 Å². The summed E-state index contributed by atoms with van der Waals surface area (Å²) in [7, 11) is 0. The first kappa shape index (κ1) is 15.2. The number of carbonyl (C=O) groups excluding carboxylic acids is 1. The molecule has 2 unspecified atom stereocenters. The third-order valence-electron chi connectivity index (χ3n) is 2.07. The van der Waals surface area contributed by atoms with Gasteiger partial charge in [-0.3, -0.25) is 4.79 Å². The van der Waals surface area contributed by atoms with Gasteiger partial charge >= 0.3 is 0 Å². The maximum absolute atomic E-state index is 10.7. The fraction of sp³-hybridized carbons (Fsp3) is 0.889. The molecule has 0 aromatic heterocycles. The highest BCUT2D eigenvalue weighted by Crippen LogP contribution is 2.08. The van der Waals surface area contributed by atoms with Gasteiger partial charge in [0.15, 0.2) is 0 Å². The Labute approximate surface area is 86.7 Å². The first-order chi connectivity index (χ1) is 5.57. The zero-order valence-corrected chi connectivity index (χ0v) is 9.27. The smallest absolute Gasteiger partial charge is 0.220 e. The van der Waals surface area contributed by atoms with E-state index in [2.05, 4.69) is 6.92 Å². The van der Waals surface area contributed by atoms with Gasteiger partial charge in [-0.05, 0) is 12.8 Å². The van der Waals surface area contributed by atoms with Gasteiger partial charge in [-0.2, -0.15) is 0 Å². The third kappa shape index (κ3) is 8.06. The fourth-order valence-electron chi connectivity index (χ4n) is 1.15. The number of hydrogen-bond donors (Lipinski definition) is 2. The minimum absolute atomic E-state index is 0. The number of halogens is 1. The van der Waals surface area contributed by atoms with Crippen molar-refractivity contribution in [3.8, 4) is 0 Å². The molecule has 0 aliphatic carbocycles. The van der Waals surface area contributed by atoms with E-state index >= 15 is 0 Å². The molecule has 80 valence electrons. The van der Waals surface area contributed by atoms with Gasteiger partial charge in [0.25, 0.3) is 0 Å². The number of amides is 1. The van der Waals surface area contributed by atoms with Crippen LogP contribution in [0.2, 0.25) is 0 Å². The third-order valence-corrected chi connectivity index (χ3v) is 2.07. The second kappa shape index (κ2) is 8.32. The number of unbranched alkanes of at least 4 members (excludes halogenated alkanes) is 1. The maximum Gasteiger partial charge on any atom is 0.220 e. The van der Waals surface area contributed by atoms with Crippen molar-refractivity contribution in [3.63, 3.8) is 0 Å². The van der Waals surface area contributed by atoms with E-state index < -0.39 is 0 Å². The lowest BCUT2D eigenvalue weighted by Crippen LogP contribution is -2.29. The summed E-state index contributed by atoms with van der Waals surface area (Å²) in [5.41, 5.74) is 10.9.